The maximum Gasteiger partial charge on any atom is 0.247 e. The summed E-state index contributed by atoms with van der Waals surface area (Å²) in [5.74, 6) is 0.473. The van der Waals surface area contributed by atoms with Crippen molar-refractivity contribution >= 4 is 40.7 Å². The van der Waals surface area contributed by atoms with E-state index in [0.717, 1.165) is 36.8 Å². The molecule has 1 fully saturated rings. The van der Waals surface area contributed by atoms with Gasteiger partial charge in [0.25, 0.3) is 0 Å². The largest absolute Gasteiger partial charge is 0.493 e. The fourth-order valence-electron chi connectivity index (χ4n) is 5.70. The number of rotatable bonds is 12. The monoisotopic (exact) mass is 690 g/mol. The van der Waals surface area contributed by atoms with Crippen LogP contribution in [0.15, 0.2) is 48.0 Å². The van der Waals surface area contributed by atoms with Crippen molar-refractivity contribution in [2.75, 3.05) is 20.3 Å². The molecule has 0 bridgehead atoms. The molecule has 0 aromatic heterocycles. The number of nitrogens with one attached hydrogen (secondary N) is 1. The van der Waals surface area contributed by atoms with E-state index in [4.69, 9.17) is 9.47 Å². The normalized spacial score (nSPS) is 20.5. The van der Waals surface area contributed by atoms with E-state index in [0.29, 0.717) is 44.8 Å². The molecule has 9 nitrogen and oxygen atoms in total. The number of carbonyl (C=O) groups excluding carboxylic acids is 3. The summed E-state index contributed by atoms with van der Waals surface area (Å²) in [5.41, 5.74) is 2.78. The molecule has 3 atom stereocenters. The minimum absolute atomic E-state index is 0.0650. The van der Waals surface area contributed by atoms with Gasteiger partial charge in [-0.2, -0.15) is 0 Å². The molecule has 2 aliphatic rings. The van der Waals surface area contributed by atoms with Gasteiger partial charge < -0.3 is 29.9 Å². The van der Waals surface area contributed by atoms with Gasteiger partial charge in [-0.25, -0.2) is 0 Å². The van der Waals surface area contributed by atoms with E-state index >= 15 is 0 Å². The quantitative estimate of drug-likeness (QED) is 0.228. The van der Waals surface area contributed by atoms with Crippen molar-refractivity contribution < 1.29 is 34.1 Å². The van der Waals surface area contributed by atoms with E-state index in [-0.39, 0.29) is 32.0 Å². The highest BCUT2D eigenvalue weighted by atomic mass is 127. The molecule has 42 heavy (non-hydrogen) atoms. The fourth-order valence-corrected chi connectivity index (χ4v) is 6.45. The van der Waals surface area contributed by atoms with E-state index in [2.05, 4.69) is 5.32 Å². The number of methoxy groups -OCH3 is 1. The van der Waals surface area contributed by atoms with Crippen LogP contribution in [0, 0.1) is 16.4 Å². The second-order valence-corrected chi connectivity index (χ2v) is 12.2. The standard InChI is InChI=1S/C32H39IN2O7/c1-20-7-9-22(10-8-20)18-35(29(38)15-21-5-3-4-6-21)26-16-24(32(40)34-11-12-36)17-27(30(26)39)42-31-25(33)13-23(19-37)14-28(31)41-2/h7-10,13-14,17,19,21,26-27,30,36,39H,3-6,11-12,15-16,18H2,1-2H3,(H,34,40). The molecular formula is C32H39IN2O7. The van der Waals surface area contributed by atoms with Gasteiger partial charge in [-0.15, -0.1) is 0 Å². The van der Waals surface area contributed by atoms with Gasteiger partial charge in [0.2, 0.25) is 11.8 Å². The van der Waals surface area contributed by atoms with Crippen LogP contribution >= 0.6 is 22.6 Å². The van der Waals surface area contributed by atoms with E-state index < -0.39 is 24.2 Å². The summed E-state index contributed by atoms with van der Waals surface area (Å²) >= 11 is 2.04. The van der Waals surface area contributed by atoms with Gasteiger partial charge in [0.15, 0.2) is 11.5 Å². The van der Waals surface area contributed by atoms with E-state index in [9.17, 15) is 24.6 Å². The average molecular weight is 691 g/mol. The lowest BCUT2D eigenvalue weighted by Gasteiger charge is -2.41. The molecule has 3 N–H and O–H groups in total. The molecule has 10 heteroatoms. The van der Waals surface area contributed by atoms with Crippen molar-refractivity contribution in [2.45, 2.75) is 70.2 Å². The zero-order chi connectivity index (χ0) is 30.2. The van der Waals surface area contributed by atoms with Gasteiger partial charge in [0.1, 0.15) is 18.5 Å². The topological polar surface area (TPSA) is 125 Å². The first-order valence-electron chi connectivity index (χ1n) is 14.4. The molecule has 1 saturated carbocycles. The van der Waals surface area contributed by atoms with Crippen LogP contribution in [0.4, 0.5) is 0 Å². The Morgan fingerprint density at radius 3 is 2.52 bits per heavy atom. The summed E-state index contributed by atoms with van der Waals surface area (Å²) in [6, 6.07) is 10.4. The predicted octanol–water partition coefficient (Wildman–Crippen LogP) is 3.95. The Morgan fingerprint density at radius 1 is 1.17 bits per heavy atom. The number of hydrogen-bond donors (Lipinski definition) is 3. The van der Waals surface area contributed by atoms with Gasteiger partial charge in [0, 0.05) is 37.1 Å². The number of aliphatic hydroxyl groups excluding tert-OH is 2. The van der Waals surface area contributed by atoms with Gasteiger partial charge >= 0.3 is 0 Å². The maximum atomic E-state index is 13.9. The first-order chi connectivity index (χ1) is 20.2. The molecule has 0 aliphatic heterocycles. The van der Waals surface area contributed by atoms with Crippen LogP contribution in [-0.4, -0.2) is 71.7 Å². The third kappa shape index (κ3) is 7.90. The molecule has 2 aromatic rings. The smallest absolute Gasteiger partial charge is 0.247 e. The molecule has 3 unspecified atom stereocenters. The molecule has 2 aliphatic carbocycles. The number of benzene rings is 2. The summed E-state index contributed by atoms with van der Waals surface area (Å²) in [6.07, 6.45) is 4.86. The van der Waals surface area contributed by atoms with Crippen LogP contribution in [0.5, 0.6) is 11.5 Å². The Labute approximate surface area is 260 Å². The van der Waals surface area contributed by atoms with Crippen molar-refractivity contribution in [3.63, 3.8) is 0 Å². The number of hydrogen-bond acceptors (Lipinski definition) is 7. The molecular weight excluding hydrogens is 651 g/mol. The van der Waals surface area contributed by atoms with Crippen molar-refractivity contribution in [3.8, 4) is 11.5 Å². The summed E-state index contributed by atoms with van der Waals surface area (Å²) < 4.78 is 12.4. The minimum Gasteiger partial charge on any atom is -0.493 e. The number of nitrogens with zero attached hydrogens (tertiary/aromatic N) is 1. The molecule has 226 valence electrons. The Kier molecular flexibility index (Phi) is 11.4. The van der Waals surface area contributed by atoms with Gasteiger partial charge in [0.05, 0.1) is 23.3 Å². The molecule has 0 saturated heterocycles. The van der Waals surface area contributed by atoms with Crippen LogP contribution in [0.1, 0.15) is 60.0 Å². The van der Waals surface area contributed by atoms with Crippen molar-refractivity contribution in [1.29, 1.82) is 0 Å². The molecule has 0 spiro atoms. The first-order valence-corrected chi connectivity index (χ1v) is 15.4. The Bertz CT molecular complexity index is 1290. The average Bonchev–Trinajstić information content (AvgIpc) is 3.50. The Hall–Kier alpha value is -2.96. The lowest BCUT2D eigenvalue weighted by Crippen LogP contribution is -2.55. The number of aryl methyl sites for hydroxylation is 1. The Balaban J connectivity index is 1.71. The van der Waals surface area contributed by atoms with Crippen LogP contribution < -0.4 is 14.8 Å². The summed E-state index contributed by atoms with van der Waals surface area (Å²) in [5, 5.41) is 23.8. The van der Waals surface area contributed by atoms with E-state index in [1.54, 1.807) is 23.1 Å². The summed E-state index contributed by atoms with van der Waals surface area (Å²) in [4.78, 5) is 40.2. The second-order valence-electron chi connectivity index (χ2n) is 11.0. The highest BCUT2D eigenvalue weighted by molar-refractivity contribution is 14.1. The molecule has 4 rings (SSSR count). The fraction of sp³-hybridized carbons (Fsp3) is 0.469. The lowest BCUT2D eigenvalue weighted by molar-refractivity contribution is -0.140. The SMILES string of the molecule is COc1cc(C=O)cc(I)c1OC1C=C(C(=O)NCCO)CC(N(Cc2ccc(C)cc2)C(=O)CC2CCCC2)C1O. The van der Waals surface area contributed by atoms with Crippen LogP contribution in [0.25, 0.3) is 0 Å². The van der Waals surface area contributed by atoms with Crippen LogP contribution in [0.3, 0.4) is 0 Å². The van der Waals surface area contributed by atoms with Crippen LogP contribution in [-0.2, 0) is 16.1 Å². The molecule has 0 radical (unpaired) electrons. The highest BCUT2D eigenvalue weighted by Crippen LogP contribution is 2.37. The predicted molar refractivity (Wildman–Crippen MR) is 166 cm³/mol. The number of aldehydes is 1. The number of amides is 2. The van der Waals surface area contributed by atoms with Gasteiger partial charge in [-0.05, 0) is 72.0 Å². The first kappa shape index (κ1) is 32.0. The van der Waals surface area contributed by atoms with Crippen molar-refractivity contribution in [2.24, 2.45) is 5.92 Å². The summed E-state index contributed by atoms with van der Waals surface area (Å²) in [6.45, 7) is 2.13. The number of halogens is 1. The molecule has 2 amide bonds. The van der Waals surface area contributed by atoms with Crippen LogP contribution in [0.2, 0.25) is 0 Å². The zero-order valence-electron chi connectivity index (χ0n) is 24.1. The third-order valence-corrected chi connectivity index (χ3v) is 8.79. The zero-order valence-corrected chi connectivity index (χ0v) is 26.2. The molecule has 2 aromatic carbocycles. The maximum absolute atomic E-state index is 13.9. The van der Waals surface area contributed by atoms with Crippen molar-refractivity contribution in [3.05, 3.63) is 68.3 Å². The van der Waals surface area contributed by atoms with Gasteiger partial charge in [-0.3, -0.25) is 14.4 Å². The summed E-state index contributed by atoms with van der Waals surface area (Å²) in [7, 11) is 1.46. The number of carbonyl (C=O) groups is 3. The third-order valence-electron chi connectivity index (χ3n) is 7.99. The lowest BCUT2D eigenvalue weighted by atomic mass is 9.87. The Morgan fingerprint density at radius 2 is 1.88 bits per heavy atom. The minimum atomic E-state index is -1.16. The van der Waals surface area contributed by atoms with Crippen molar-refractivity contribution in [1.82, 2.24) is 10.2 Å². The number of aliphatic hydroxyl groups is 2. The van der Waals surface area contributed by atoms with Gasteiger partial charge in [-0.1, -0.05) is 42.7 Å². The second kappa shape index (κ2) is 15.0. The van der Waals surface area contributed by atoms with E-state index in [1.807, 2.05) is 53.8 Å². The number of ether oxygens (including phenoxy) is 2. The molecule has 0 heterocycles. The van der Waals surface area contributed by atoms with E-state index in [1.165, 1.54) is 7.11 Å². The highest BCUT2D eigenvalue weighted by Gasteiger charge is 2.41.